The highest BCUT2D eigenvalue weighted by atomic mass is 79.9. The molecule has 0 aliphatic heterocycles. The van der Waals surface area contributed by atoms with E-state index in [4.69, 9.17) is 5.73 Å². The summed E-state index contributed by atoms with van der Waals surface area (Å²) < 4.78 is 65.6. The maximum Gasteiger partial charge on any atom is 0.455 e. The van der Waals surface area contributed by atoms with E-state index in [1.54, 1.807) is 0 Å². The van der Waals surface area contributed by atoms with Crippen LogP contribution in [0.3, 0.4) is 0 Å². The summed E-state index contributed by atoms with van der Waals surface area (Å²) in [7, 11) is 0. The van der Waals surface area contributed by atoms with E-state index < -0.39 is 23.9 Å². The van der Waals surface area contributed by atoms with E-state index in [-0.39, 0.29) is 4.67 Å². The second kappa shape index (κ2) is 3.75. The van der Waals surface area contributed by atoms with E-state index in [0.717, 1.165) is 6.07 Å². The lowest BCUT2D eigenvalue weighted by Crippen LogP contribution is -2.45. The van der Waals surface area contributed by atoms with Crippen molar-refractivity contribution in [3.63, 3.8) is 0 Å². The minimum atomic E-state index is -5.70. The Balaban J connectivity index is 2.99. The summed E-state index contributed by atoms with van der Waals surface area (Å²) in [4.78, 5) is 0. The molecule has 0 amide bonds. The van der Waals surface area contributed by atoms with Gasteiger partial charge in [-0.25, -0.2) is 0 Å². The van der Waals surface area contributed by atoms with Crippen molar-refractivity contribution >= 4 is 15.9 Å². The van der Waals surface area contributed by atoms with Gasteiger partial charge in [-0.3, -0.25) is 0 Å². The van der Waals surface area contributed by atoms with Gasteiger partial charge in [-0.15, -0.1) is 0 Å². The minimum absolute atomic E-state index is 0.0333. The van der Waals surface area contributed by atoms with Gasteiger partial charge in [0.2, 0.25) is 0 Å². The van der Waals surface area contributed by atoms with Gasteiger partial charge in [0.1, 0.15) is 11.8 Å². The molecule has 8 heteroatoms. The van der Waals surface area contributed by atoms with Gasteiger partial charge >= 0.3 is 12.1 Å². The SMILES string of the molecule is NC(c1ccc(Br)o1)C(F)(F)C(F)(F)F. The smallest absolute Gasteiger partial charge is 0.452 e. The zero-order valence-electron chi connectivity index (χ0n) is 6.99. The Morgan fingerprint density at radius 1 is 1.20 bits per heavy atom. The number of hydrogen-bond donors (Lipinski definition) is 1. The van der Waals surface area contributed by atoms with Crippen LogP contribution < -0.4 is 5.73 Å². The monoisotopic (exact) mass is 293 g/mol. The van der Waals surface area contributed by atoms with E-state index in [1.807, 2.05) is 0 Å². The Kier molecular flexibility index (Phi) is 3.11. The van der Waals surface area contributed by atoms with Crippen molar-refractivity contribution in [1.29, 1.82) is 0 Å². The van der Waals surface area contributed by atoms with Crippen LogP contribution in [0.25, 0.3) is 0 Å². The third-order valence-electron chi connectivity index (χ3n) is 1.67. The quantitative estimate of drug-likeness (QED) is 0.850. The fourth-order valence-electron chi connectivity index (χ4n) is 0.850. The van der Waals surface area contributed by atoms with Crippen molar-refractivity contribution in [2.24, 2.45) is 5.73 Å². The summed E-state index contributed by atoms with van der Waals surface area (Å²) in [5.74, 6) is -5.66. The lowest BCUT2D eigenvalue weighted by atomic mass is 10.1. The first-order chi connectivity index (χ1) is 6.66. The molecule has 0 radical (unpaired) electrons. The molecule has 1 aromatic rings. The van der Waals surface area contributed by atoms with Gasteiger partial charge in [-0.05, 0) is 28.1 Å². The highest BCUT2D eigenvalue weighted by Gasteiger charge is 2.62. The average molecular weight is 294 g/mol. The van der Waals surface area contributed by atoms with Gasteiger partial charge in [0.15, 0.2) is 4.67 Å². The summed E-state index contributed by atoms with van der Waals surface area (Å²) in [6, 6.07) is -0.417. The molecule has 86 valence electrons. The third-order valence-corrected chi connectivity index (χ3v) is 2.10. The van der Waals surface area contributed by atoms with Crippen molar-refractivity contribution in [2.45, 2.75) is 18.1 Å². The van der Waals surface area contributed by atoms with Crippen LogP contribution in [-0.2, 0) is 0 Å². The first-order valence-electron chi connectivity index (χ1n) is 3.61. The van der Waals surface area contributed by atoms with Crippen LogP contribution in [0.2, 0.25) is 0 Å². The molecule has 2 N–H and O–H groups in total. The second-order valence-electron chi connectivity index (χ2n) is 2.74. The predicted octanol–water partition coefficient (Wildman–Crippen LogP) is 3.24. The van der Waals surface area contributed by atoms with Crippen molar-refractivity contribution in [3.05, 3.63) is 22.6 Å². The van der Waals surface area contributed by atoms with Crippen molar-refractivity contribution in [1.82, 2.24) is 0 Å². The largest absolute Gasteiger partial charge is 0.455 e. The molecule has 1 heterocycles. The van der Waals surface area contributed by atoms with Gasteiger partial charge in [-0.1, -0.05) is 0 Å². The number of halogens is 6. The van der Waals surface area contributed by atoms with E-state index in [0.29, 0.717) is 0 Å². The summed E-state index contributed by atoms with van der Waals surface area (Å²) in [5.41, 5.74) is 4.79. The summed E-state index contributed by atoms with van der Waals surface area (Å²) in [6.45, 7) is 0. The highest BCUT2D eigenvalue weighted by molar-refractivity contribution is 9.10. The van der Waals surface area contributed by atoms with Crippen LogP contribution >= 0.6 is 15.9 Å². The maximum absolute atomic E-state index is 12.7. The molecule has 1 rings (SSSR count). The first kappa shape index (κ1) is 12.4. The molecule has 0 aromatic carbocycles. The Labute approximate surface area is 89.4 Å². The first-order valence-corrected chi connectivity index (χ1v) is 4.41. The Bertz CT molecular complexity index is 347. The lowest BCUT2D eigenvalue weighted by Gasteiger charge is -2.24. The molecule has 2 nitrogen and oxygen atoms in total. The normalized spacial score (nSPS) is 15.4. The standard InChI is InChI=1S/C7H5BrF5NO/c8-4-2-1-3(15-4)5(14)6(9,10)7(11,12)13/h1-2,5H,14H2. The summed E-state index contributed by atoms with van der Waals surface area (Å²) in [5, 5.41) is 0. The average Bonchev–Trinajstić information content (AvgIpc) is 2.48. The molecule has 15 heavy (non-hydrogen) atoms. The number of furan rings is 1. The van der Waals surface area contributed by atoms with Crippen molar-refractivity contribution in [3.8, 4) is 0 Å². The molecule has 0 aliphatic carbocycles. The molecule has 0 aliphatic rings. The van der Waals surface area contributed by atoms with Gasteiger partial charge in [0, 0.05) is 0 Å². The van der Waals surface area contributed by atoms with Crippen LogP contribution in [0.4, 0.5) is 22.0 Å². The fourth-order valence-corrected chi connectivity index (χ4v) is 1.17. The van der Waals surface area contributed by atoms with E-state index in [1.165, 1.54) is 6.07 Å². The summed E-state index contributed by atoms with van der Waals surface area (Å²) >= 11 is 2.77. The third kappa shape index (κ3) is 2.31. The number of hydrogen-bond acceptors (Lipinski definition) is 2. The Morgan fingerprint density at radius 2 is 1.73 bits per heavy atom. The molecule has 1 aromatic heterocycles. The topological polar surface area (TPSA) is 39.2 Å². The second-order valence-corrected chi connectivity index (χ2v) is 3.52. The van der Waals surface area contributed by atoms with Crippen molar-refractivity contribution in [2.75, 3.05) is 0 Å². The molecule has 1 unspecified atom stereocenters. The fraction of sp³-hybridized carbons (Fsp3) is 0.429. The lowest BCUT2D eigenvalue weighted by molar-refractivity contribution is -0.292. The molecular formula is C7H5BrF5NO. The van der Waals surface area contributed by atoms with Crippen LogP contribution in [-0.4, -0.2) is 12.1 Å². The molecular weight excluding hydrogens is 289 g/mol. The molecule has 1 atom stereocenters. The molecule has 0 spiro atoms. The number of rotatable bonds is 2. The van der Waals surface area contributed by atoms with Crippen molar-refractivity contribution < 1.29 is 26.4 Å². The van der Waals surface area contributed by atoms with E-state index in [9.17, 15) is 22.0 Å². The van der Waals surface area contributed by atoms with Crippen LogP contribution in [0.5, 0.6) is 0 Å². The van der Waals surface area contributed by atoms with Gasteiger partial charge in [-0.2, -0.15) is 22.0 Å². The maximum atomic E-state index is 12.7. The van der Waals surface area contributed by atoms with Crippen LogP contribution in [0, 0.1) is 0 Å². The Morgan fingerprint density at radius 3 is 2.07 bits per heavy atom. The zero-order valence-corrected chi connectivity index (χ0v) is 8.57. The zero-order chi connectivity index (χ0) is 11.9. The summed E-state index contributed by atoms with van der Waals surface area (Å²) in [6.07, 6.45) is -5.70. The van der Waals surface area contributed by atoms with Gasteiger partial charge in [0.25, 0.3) is 0 Å². The predicted molar refractivity (Wildman–Crippen MR) is 44.3 cm³/mol. The molecule has 0 bridgehead atoms. The minimum Gasteiger partial charge on any atom is -0.452 e. The number of alkyl halides is 5. The Hall–Kier alpha value is -0.630. The molecule has 0 saturated carbocycles. The molecule has 0 saturated heterocycles. The van der Waals surface area contributed by atoms with Crippen LogP contribution in [0.1, 0.15) is 11.8 Å². The van der Waals surface area contributed by atoms with E-state index in [2.05, 4.69) is 20.3 Å². The van der Waals surface area contributed by atoms with E-state index >= 15 is 0 Å². The highest BCUT2D eigenvalue weighted by Crippen LogP contribution is 2.43. The van der Waals surface area contributed by atoms with Crippen LogP contribution in [0.15, 0.2) is 21.2 Å². The van der Waals surface area contributed by atoms with Gasteiger partial charge in [0.05, 0.1) is 0 Å². The van der Waals surface area contributed by atoms with Gasteiger partial charge < -0.3 is 10.2 Å². The molecule has 0 fully saturated rings. The number of nitrogens with two attached hydrogens (primary N) is 1.